The molecule has 0 spiro atoms. The topological polar surface area (TPSA) is 132 Å². The molecule has 1 N–H and O–H groups in total. The summed E-state index contributed by atoms with van der Waals surface area (Å²) in [5.74, 6) is -1.41. The first-order chi connectivity index (χ1) is 19.6. The van der Waals surface area contributed by atoms with Gasteiger partial charge in [-0.1, -0.05) is 40.5 Å². The second-order valence-corrected chi connectivity index (χ2v) is 11.4. The number of hydrogen-bond donors (Lipinski definition) is 1. The highest BCUT2D eigenvalue weighted by molar-refractivity contribution is 5.98. The Morgan fingerprint density at radius 2 is 1.83 bits per heavy atom. The van der Waals surface area contributed by atoms with Crippen LogP contribution >= 0.6 is 0 Å². The first kappa shape index (κ1) is 32.6. The van der Waals surface area contributed by atoms with Crippen molar-refractivity contribution in [2.75, 3.05) is 20.5 Å². The summed E-state index contributed by atoms with van der Waals surface area (Å²) >= 11 is 0. The first-order valence-corrected chi connectivity index (χ1v) is 14.7. The Bertz CT molecular complexity index is 1010. The molecule has 11 heteroatoms. The number of carbonyl (C=O) groups is 3. The van der Waals surface area contributed by atoms with Gasteiger partial charge in [-0.3, -0.25) is 9.59 Å². The number of methoxy groups -OCH3 is 1. The highest BCUT2D eigenvalue weighted by Crippen LogP contribution is 2.31. The van der Waals surface area contributed by atoms with Gasteiger partial charge in [0.15, 0.2) is 17.2 Å². The number of amides is 1. The maximum atomic E-state index is 13.4. The Morgan fingerprint density at radius 1 is 1.10 bits per heavy atom. The minimum atomic E-state index is -0.916. The molecule has 4 unspecified atom stereocenters. The van der Waals surface area contributed by atoms with Crippen LogP contribution in [-0.4, -0.2) is 73.8 Å². The van der Waals surface area contributed by atoms with Crippen LogP contribution in [0.2, 0.25) is 0 Å². The number of hydrogen-bond acceptors (Lipinski definition) is 10. The fourth-order valence-corrected chi connectivity index (χ4v) is 4.94. The lowest BCUT2D eigenvalue weighted by molar-refractivity contribution is -0.175. The summed E-state index contributed by atoms with van der Waals surface area (Å²) < 4.78 is 34.7. The van der Waals surface area contributed by atoms with Gasteiger partial charge in [0.05, 0.1) is 25.2 Å². The van der Waals surface area contributed by atoms with Gasteiger partial charge in [-0.2, -0.15) is 0 Å². The maximum Gasteiger partial charge on any atom is 0.329 e. The van der Waals surface area contributed by atoms with Crippen LogP contribution in [0.15, 0.2) is 12.3 Å². The van der Waals surface area contributed by atoms with E-state index in [9.17, 15) is 14.4 Å². The van der Waals surface area contributed by atoms with Crippen LogP contribution in [0, 0.1) is 11.8 Å². The van der Waals surface area contributed by atoms with Gasteiger partial charge >= 0.3 is 11.9 Å². The monoisotopic (exact) mass is 578 g/mol. The van der Waals surface area contributed by atoms with E-state index >= 15 is 0 Å². The summed E-state index contributed by atoms with van der Waals surface area (Å²) in [5, 5.41) is 2.76. The molecule has 11 nitrogen and oxygen atoms in total. The van der Waals surface area contributed by atoms with Gasteiger partial charge in [0.25, 0.3) is 5.91 Å². The zero-order valence-corrected chi connectivity index (χ0v) is 25.2. The number of ether oxygens (including phenoxy) is 6. The molecule has 0 radical (unpaired) electrons. The Hall–Kier alpha value is -2.92. The van der Waals surface area contributed by atoms with Crippen molar-refractivity contribution in [1.29, 1.82) is 0 Å². The van der Waals surface area contributed by atoms with Crippen molar-refractivity contribution in [2.24, 2.45) is 11.8 Å². The van der Waals surface area contributed by atoms with Crippen molar-refractivity contribution in [3.8, 4) is 11.5 Å². The van der Waals surface area contributed by atoms with Crippen LogP contribution in [-0.2, 0) is 28.5 Å². The third-order valence-corrected chi connectivity index (χ3v) is 7.18. The maximum absolute atomic E-state index is 13.4. The molecule has 41 heavy (non-hydrogen) atoms. The summed E-state index contributed by atoms with van der Waals surface area (Å²) in [7, 11) is 1.42. The average Bonchev–Trinajstić information content (AvgIpc) is 3.46. The molecule has 0 bridgehead atoms. The number of carbonyl (C=O) groups excluding carboxylic acids is 3. The molecule has 3 rings (SSSR count). The highest BCUT2D eigenvalue weighted by atomic mass is 16.7. The molecule has 1 amide bonds. The summed E-state index contributed by atoms with van der Waals surface area (Å²) in [4.78, 5) is 42.7. The molecule has 2 aliphatic rings. The molecule has 2 fully saturated rings. The molecule has 1 aliphatic heterocycles. The second kappa shape index (κ2) is 15.9. The molecule has 2 heterocycles. The highest BCUT2D eigenvalue weighted by Gasteiger charge is 2.38. The third-order valence-electron chi connectivity index (χ3n) is 7.18. The summed E-state index contributed by atoms with van der Waals surface area (Å²) in [5.41, 5.74) is -0.105. The lowest BCUT2D eigenvalue weighted by Gasteiger charge is -2.33. The van der Waals surface area contributed by atoms with Crippen LogP contribution in [0.3, 0.4) is 0 Å². The summed E-state index contributed by atoms with van der Waals surface area (Å²) in [6, 6.07) is 0.606. The van der Waals surface area contributed by atoms with E-state index in [4.69, 9.17) is 28.4 Å². The minimum absolute atomic E-state index is 0.000958. The number of pyridine rings is 1. The lowest BCUT2D eigenvalue weighted by Crippen LogP contribution is -2.46. The van der Waals surface area contributed by atoms with Crippen LogP contribution in [0.4, 0.5) is 0 Å². The standard InChI is InChI=1S/C30H46N2O9/c1-18(2)16-37-24-13-9-12-22(30(35)40-20(5)26(24)41-21-10-7-8-11-21)32-28(33)25-27(23(36-6)14-15-31-25)38-17-39-29(34)19(3)4/h14-15,18-22,24,26H,7-13,16-17H2,1-6H3,(H,32,33). The van der Waals surface area contributed by atoms with Gasteiger partial charge in [-0.15, -0.1) is 0 Å². The van der Waals surface area contributed by atoms with E-state index in [0.29, 0.717) is 31.8 Å². The second-order valence-electron chi connectivity index (χ2n) is 11.4. The Balaban J connectivity index is 1.74. The SMILES string of the molecule is COc1ccnc(C(=O)NC2CCCC(OCC(C)C)C(OC3CCCC3)C(C)OC2=O)c1OCOC(=O)C(C)C. The van der Waals surface area contributed by atoms with E-state index in [-0.39, 0.29) is 35.3 Å². The van der Waals surface area contributed by atoms with E-state index in [1.165, 1.54) is 19.4 Å². The smallest absolute Gasteiger partial charge is 0.329 e. The molecule has 230 valence electrons. The van der Waals surface area contributed by atoms with Gasteiger partial charge in [0, 0.05) is 18.9 Å². The van der Waals surface area contributed by atoms with Crippen LogP contribution < -0.4 is 14.8 Å². The third kappa shape index (κ3) is 9.56. The van der Waals surface area contributed by atoms with Crippen LogP contribution in [0.1, 0.15) is 90.1 Å². The fourth-order valence-electron chi connectivity index (χ4n) is 4.94. The van der Waals surface area contributed by atoms with E-state index in [1.807, 2.05) is 6.92 Å². The lowest BCUT2D eigenvalue weighted by atomic mass is 10.0. The molecular weight excluding hydrogens is 532 g/mol. The molecule has 0 aromatic carbocycles. The molecule has 1 saturated carbocycles. The molecular formula is C30H46N2O9. The van der Waals surface area contributed by atoms with E-state index in [2.05, 4.69) is 24.1 Å². The Morgan fingerprint density at radius 3 is 2.49 bits per heavy atom. The van der Waals surface area contributed by atoms with Crippen molar-refractivity contribution >= 4 is 17.8 Å². The van der Waals surface area contributed by atoms with Gasteiger partial charge in [-0.25, -0.2) is 9.78 Å². The van der Waals surface area contributed by atoms with Crippen molar-refractivity contribution < 1.29 is 42.8 Å². The average molecular weight is 579 g/mol. The van der Waals surface area contributed by atoms with Crippen molar-refractivity contribution in [3.05, 3.63) is 18.0 Å². The van der Waals surface area contributed by atoms with Gasteiger partial charge < -0.3 is 33.7 Å². The van der Waals surface area contributed by atoms with Crippen molar-refractivity contribution in [1.82, 2.24) is 10.3 Å². The Kier molecular flexibility index (Phi) is 12.6. The van der Waals surface area contributed by atoms with Crippen molar-refractivity contribution in [2.45, 2.75) is 110 Å². The van der Waals surface area contributed by atoms with Crippen LogP contribution in [0.25, 0.3) is 0 Å². The number of esters is 2. The summed E-state index contributed by atoms with van der Waals surface area (Å²) in [6.07, 6.45) is 6.16. The molecule has 4 atom stereocenters. The van der Waals surface area contributed by atoms with Crippen molar-refractivity contribution in [3.63, 3.8) is 0 Å². The molecule has 1 aliphatic carbocycles. The number of aromatic nitrogens is 1. The normalized spacial score (nSPS) is 23.9. The first-order valence-electron chi connectivity index (χ1n) is 14.7. The predicted octanol–water partition coefficient (Wildman–Crippen LogP) is 4.21. The quantitative estimate of drug-likeness (QED) is 0.284. The van der Waals surface area contributed by atoms with E-state index in [0.717, 1.165) is 25.7 Å². The minimum Gasteiger partial charge on any atom is -0.493 e. The number of rotatable bonds is 12. The zero-order chi connectivity index (χ0) is 29.9. The number of cyclic esters (lactones) is 1. The Labute approximate surface area is 242 Å². The van der Waals surface area contributed by atoms with E-state index in [1.54, 1.807) is 13.8 Å². The number of nitrogens with one attached hydrogen (secondary N) is 1. The largest absolute Gasteiger partial charge is 0.493 e. The zero-order valence-electron chi connectivity index (χ0n) is 25.2. The summed E-state index contributed by atoms with van der Waals surface area (Å²) in [6.45, 7) is 9.55. The molecule has 1 aromatic heterocycles. The predicted molar refractivity (Wildman–Crippen MR) is 150 cm³/mol. The number of nitrogens with zero attached hydrogens (tertiary/aromatic N) is 1. The van der Waals surface area contributed by atoms with E-state index < -0.39 is 42.9 Å². The van der Waals surface area contributed by atoms with Gasteiger partial charge in [-0.05, 0) is 44.9 Å². The van der Waals surface area contributed by atoms with Gasteiger partial charge in [0.1, 0.15) is 18.2 Å². The van der Waals surface area contributed by atoms with Crippen LogP contribution in [0.5, 0.6) is 11.5 Å². The fraction of sp³-hybridized carbons (Fsp3) is 0.733. The molecule has 1 saturated heterocycles. The molecule has 1 aromatic rings. The van der Waals surface area contributed by atoms with Gasteiger partial charge in [0.2, 0.25) is 6.79 Å².